The molecule has 2 atom stereocenters. The van der Waals surface area contributed by atoms with Crippen LogP contribution in [0.15, 0.2) is 24.3 Å². The van der Waals surface area contributed by atoms with Gasteiger partial charge in [-0.1, -0.05) is 26.0 Å². The van der Waals surface area contributed by atoms with Crippen LogP contribution in [-0.2, 0) is 4.74 Å². The van der Waals surface area contributed by atoms with Gasteiger partial charge in [0.2, 0.25) is 0 Å². The Hall–Kier alpha value is -1.27. The van der Waals surface area contributed by atoms with Crippen LogP contribution < -0.4 is 10.1 Å². The van der Waals surface area contributed by atoms with E-state index in [1.807, 2.05) is 0 Å². The maximum Gasteiger partial charge on any atom is 0.573 e. The van der Waals surface area contributed by atoms with E-state index >= 15 is 0 Å². The van der Waals surface area contributed by atoms with E-state index in [0.717, 1.165) is 12.1 Å². The summed E-state index contributed by atoms with van der Waals surface area (Å²) in [6.07, 6.45) is -4.69. The van der Waals surface area contributed by atoms with E-state index in [4.69, 9.17) is 4.74 Å². The van der Waals surface area contributed by atoms with E-state index in [1.165, 1.54) is 12.1 Å². The van der Waals surface area contributed by atoms with Crippen LogP contribution in [0.1, 0.15) is 25.5 Å². The number of ether oxygens (including phenoxy) is 2. The second-order valence-electron chi connectivity index (χ2n) is 5.18. The van der Waals surface area contributed by atoms with Crippen molar-refractivity contribution in [3.63, 3.8) is 0 Å². The fraction of sp³-hybridized carbons (Fsp3) is 0.571. The molecular formula is C14H18F3NO2. The van der Waals surface area contributed by atoms with Crippen molar-refractivity contribution in [2.45, 2.75) is 32.4 Å². The molecule has 1 saturated heterocycles. The van der Waals surface area contributed by atoms with Crippen molar-refractivity contribution in [3.8, 4) is 5.75 Å². The highest BCUT2D eigenvalue weighted by Gasteiger charge is 2.31. The lowest BCUT2D eigenvalue weighted by Crippen LogP contribution is -2.43. The lowest BCUT2D eigenvalue weighted by atomic mass is 10.0. The lowest BCUT2D eigenvalue weighted by molar-refractivity contribution is -0.274. The summed E-state index contributed by atoms with van der Waals surface area (Å²) < 4.78 is 46.0. The highest BCUT2D eigenvalue weighted by molar-refractivity contribution is 5.29. The molecule has 6 heteroatoms. The van der Waals surface area contributed by atoms with Crippen LogP contribution in [0.4, 0.5) is 13.2 Å². The Morgan fingerprint density at radius 2 is 1.85 bits per heavy atom. The Balaban J connectivity index is 2.02. The van der Waals surface area contributed by atoms with Crippen molar-refractivity contribution < 1.29 is 22.6 Å². The van der Waals surface area contributed by atoms with Crippen LogP contribution in [0.5, 0.6) is 5.75 Å². The van der Waals surface area contributed by atoms with Gasteiger partial charge in [0.15, 0.2) is 0 Å². The van der Waals surface area contributed by atoms with Crippen LogP contribution in [0.2, 0.25) is 0 Å². The largest absolute Gasteiger partial charge is 0.573 e. The average molecular weight is 289 g/mol. The first-order chi connectivity index (χ1) is 9.35. The average Bonchev–Trinajstić information content (AvgIpc) is 2.38. The Kier molecular flexibility index (Phi) is 4.55. The third kappa shape index (κ3) is 4.11. The molecule has 3 nitrogen and oxygen atoms in total. The van der Waals surface area contributed by atoms with Gasteiger partial charge in [-0.3, -0.25) is 0 Å². The fourth-order valence-corrected chi connectivity index (χ4v) is 2.14. The molecule has 1 aliphatic heterocycles. The predicted molar refractivity (Wildman–Crippen MR) is 68.4 cm³/mol. The standard InChI is InChI=1S/C14H18F3NO2/c1-9(2)12-7-18-8-13(19-12)10-3-5-11(6-4-10)20-14(15,16)17/h3-6,9,12-13,18H,7-8H2,1-2H3. The van der Waals surface area contributed by atoms with Gasteiger partial charge in [-0.2, -0.15) is 0 Å². The molecule has 1 aromatic rings. The topological polar surface area (TPSA) is 30.5 Å². The third-order valence-electron chi connectivity index (χ3n) is 3.24. The van der Waals surface area contributed by atoms with Crippen LogP contribution in [0.25, 0.3) is 0 Å². The zero-order valence-electron chi connectivity index (χ0n) is 11.4. The Labute approximate surface area is 116 Å². The first-order valence-corrected chi connectivity index (χ1v) is 6.57. The van der Waals surface area contributed by atoms with E-state index in [-0.39, 0.29) is 18.0 Å². The van der Waals surface area contributed by atoms with E-state index in [0.29, 0.717) is 12.5 Å². The van der Waals surface area contributed by atoms with Crippen LogP contribution in [-0.4, -0.2) is 25.6 Å². The number of alkyl halides is 3. The molecule has 2 rings (SSSR count). The van der Waals surface area contributed by atoms with Gasteiger partial charge in [-0.05, 0) is 23.6 Å². The number of nitrogens with one attached hydrogen (secondary N) is 1. The molecule has 0 radical (unpaired) electrons. The summed E-state index contributed by atoms with van der Waals surface area (Å²) >= 11 is 0. The maximum atomic E-state index is 12.1. The van der Waals surface area contributed by atoms with Crippen LogP contribution >= 0.6 is 0 Å². The minimum absolute atomic E-state index is 0.111. The van der Waals surface area contributed by atoms with E-state index in [9.17, 15) is 13.2 Å². The molecule has 0 saturated carbocycles. The van der Waals surface area contributed by atoms with E-state index in [1.54, 1.807) is 12.1 Å². The molecule has 1 N–H and O–H groups in total. The molecule has 112 valence electrons. The van der Waals surface area contributed by atoms with Crippen molar-refractivity contribution >= 4 is 0 Å². The van der Waals surface area contributed by atoms with Crippen molar-refractivity contribution in [1.29, 1.82) is 0 Å². The van der Waals surface area contributed by atoms with Gasteiger partial charge < -0.3 is 14.8 Å². The van der Waals surface area contributed by atoms with Crippen molar-refractivity contribution in [1.82, 2.24) is 5.32 Å². The SMILES string of the molecule is CC(C)C1CNCC(c2ccc(OC(F)(F)F)cc2)O1. The minimum Gasteiger partial charge on any atom is -0.406 e. The van der Waals surface area contributed by atoms with Gasteiger partial charge in [0.05, 0.1) is 12.2 Å². The van der Waals surface area contributed by atoms with Crippen molar-refractivity contribution in [3.05, 3.63) is 29.8 Å². The number of rotatable bonds is 3. The molecule has 20 heavy (non-hydrogen) atoms. The summed E-state index contributed by atoms with van der Waals surface area (Å²) in [5.74, 6) is 0.170. The Bertz CT molecular complexity index is 431. The smallest absolute Gasteiger partial charge is 0.406 e. The number of benzene rings is 1. The highest BCUT2D eigenvalue weighted by Crippen LogP contribution is 2.28. The monoisotopic (exact) mass is 289 g/mol. The molecule has 0 aliphatic carbocycles. The molecular weight excluding hydrogens is 271 g/mol. The summed E-state index contributed by atoms with van der Waals surface area (Å²) in [6, 6.07) is 5.84. The van der Waals surface area contributed by atoms with Gasteiger partial charge in [0, 0.05) is 13.1 Å². The van der Waals surface area contributed by atoms with Gasteiger partial charge in [-0.15, -0.1) is 13.2 Å². The lowest BCUT2D eigenvalue weighted by Gasteiger charge is -2.33. The van der Waals surface area contributed by atoms with Crippen LogP contribution in [0.3, 0.4) is 0 Å². The highest BCUT2D eigenvalue weighted by atomic mass is 19.4. The zero-order valence-corrected chi connectivity index (χ0v) is 11.4. The van der Waals surface area contributed by atoms with Crippen molar-refractivity contribution in [2.75, 3.05) is 13.1 Å². The minimum atomic E-state index is -4.66. The second kappa shape index (κ2) is 6.01. The second-order valence-corrected chi connectivity index (χ2v) is 5.18. The summed E-state index contributed by atoms with van der Waals surface area (Å²) in [4.78, 5) is 0. The summed E-state index contributed by atoms with van der Waals surface area (Å²) in [6.45, 7) is 5.61. The number of hydrogen-bond acceptors (Lipinski definition) is 3. The number of halogens is 3. The Morgan fingerprint density at radius 3 is 2.40 bits per heavy atom. The first-order valence-electron chi connectivity index (χ1n) is 6.57. The Morgan fingerprint density at radius 1 is 1.20 bits per heavy atom. The van der Waals surface area contributed by atoms with E-state index in [2.05, 4.69) is 23.9 Å². The summed E-state index contributed by atoms with van der Waals surface area (Å²) in [5, 5.41) is 3.28. The van der Waals surface area contributed by atoms with Crippen molar-refractivity contribution in [2.24, 2.45) is 5.92 Å². The molecule has 1 aromatic carbocycles. The van der Waals surface area contributed by atoms with Gasteiger partial charge in [-0.25, -0.2) is 0 Å². The summed E-state index contributed by atoms with van der Waals surface area (Å²) in [5.41, 5.74) is 0.845. The normalized spacial score (nSPS) is 23.9. The molecule has 0 aromatic heterocycles. The molecule has 2 unspecified atom stereocenters. The maximum absolute atomic E-state index is 12.1. The first kappa shape index (κ1) is 15.1. The predicted octanol–water partition coefficient (Wildman–Crippen LogP) is 3.27. The number of hydrogen-bond donors (Lipinski definition) is 1. The zero-order chi connectivity index (χ0) is 14.8. The van der Waals surface area contributed by atoms with Gasteiger partial charge >= 0.3 is 6.36 Å². The molecule has 1 aliphatic rings. The third-order valence-corrected chi connectivity index (χ3v) is 3.24. The fourth-order valence-electron chi connectivity index (χ4n) is 2.14. The van der Waals surface area contributed by atoms with Crippen LogP contribution in [0, 0.1) is 5.92 Å². The van der Waals surface area contributed by atoms with Gasteiger partial charge in [0.25, 0.3) is 0 Å². The molecule has 0 bridgehead atoms. The molecule has 1 fully saturated rings. The molecule has 0 spiro atoms. The molecule has 1 heterocycles. The molecule has 0 amide bonds. The quantitative estimate of drug-likeness (QED) is 0.926. The number of morpholine rings is 1. The van der Waals surface area contributed by atoms with E-state index < -0.39 is 6.36 Å². The van der Waals surface area contributed by atoms with Gasteiger partial charge in [0.1, 0.15) is 5.75 Å². The summed E-state index contributed by atoms with van der Waals surface area (Å²) in [7, 11) is 0.